The van der Waals surface area contributed by atoms with Crippen LogP contribution in [0.15, 0.2) is 0 Å². The molecule has 6 nitrogen and oxygen atoms in total. The number of carbonyl (C=O) groups excluding carboxylic acids is 2. The predicted molar refractivity (Wildman–Crippen MR) is 84.3 cm³/mol. The van der Waals surface area contributed by atoms with E-state index in [2.05, 4.69) is 16.0 Å². The van der Waals surface area contributed by atoms with Gasteiger partial charge >= 0.3 is 12.1 Å². The number of likely N-dealkylation sites (tertiary alicyclic amines) is 1. The largest absolute Gasteiger partial charge is 0.338 e. The standard InChI is InChI=1S/C15H30N4O2/c1-11(2)17-13(20)16-10-12-6-8-19(9-7-12)14(21)18-15(3,4)5/h11-12H,6-10H2,1-5H3,(H,18,21)(H2,16,17,20). The number of nitrogens with zero attached hydrogens (tertiary/aromatic N) is 1. The number of urea groups is 2. The first-order chi connectivity index (χ1) is 9.67. The molecule has 21 heavy (non-hydrogen) atoms. The monoisotopic (exact) mass is 298 g/mol. The van der Waals surface area contributed by atoms with E-state index in [0.29, 0.717) is 12.5 Å². The minimum Gasteiger partial charge on any atom is -0.338 e. The van der Waals surface area contributed by atoms with Crippen LogP contribution in [0.2, 0.25) is 0 Å². The summed E-state index contributed by atoms with van der Waals surface area (Å²) < 4.78 is 0. The zero-order valence-electron chi connectivity index (χ0n) is 14.0. The Morgan fingerprint density at radius 2 is 1.76 bits per heavy atom. The minimum atomic E-state index is -0.204. The van der Waals surface area contributed by atoms with E-state index < -0.39 is 0 Å². The molecule has 3 N–H and O–H groups in total. The summed E-state index contributed by atoms with van der Waals surface area (Å²) in [6.45, 7) is 12.0. The van der Waals surface area contributed by atoms with E-state index >= 15 is 0 Å². The van der Waals surface area contributed by atoms with E-state index in [1.165, 1.54) is 0 Å². The molecule has 1 aliphatic heterocycles. The third-order valence-electron chi connectivity index (χ3n) is 3.35. The molecule has 1 heterocycles. The zero-order chi connectivity index (χ0) is 16.0. The molecule has 0 spiro atoms. The molecule has 0 atom stereocenters. The number of piperidine rings is 1. The highest BCUT2D eigenvalue weighted by molar-refractivity contribution is 5.75. The summed E-state index contributed by atoms with van der Waals surface area (Å²) in [7, 11) is 0. The topological polar surface area (TPSA) is 73.5 Å². The van der Waals surface area contributed by atoms with E-state index in [-0.39, 0.29) is 23.6 Å². The van der Waals surface area contributed by atoms with Gasteiger partial charge in [0.15, 0.2) is 0 Å². The molecule has 1 aliphatic rings. The Balaban J connectivity index is 2.26. The first-order valence-electron chi connectivity index (χ1n) is 7.79. The van der Waals surface area contributed by atoms with Crippen LogP contribution in [0.5, 0.6) is 0 Å². The van der Waals surface area contributed by atoms with Gasteiger partial charge in [-0.2, -0.15) is 0 Å². The normalized spacial score (nSPS) is 16.8. The number of hydrogen-bond acceptors (Lipinski definition) is 2. The molecule has 1 rings (SSSR count). The van der Waals surface area contributed by atoms with Gasteiger partial charge in [-0.1, -0.05) is 0 Å². The molecule has 0 bridgehead atoms. The van der Waals surface area contributed by atoms with E-state index in [9.17, 15) is 9.59 Å². The maximum atomic E-state index is 12.0. The van der Waals surface area contributed by atoms with E-state index in [0.717, 1.165) is 25.9 Å². The fourth-order valence-electron chi connectivity index (χ4n) is 2.29. The second-order valence-electron chi connectivity index (χ2n) is 7.12. The lowest BCUT2D eigenvalue weighted by Crippen LogP contribution is -2.51. The molecule has 1 saturated heterocycles. The Bertz CT molecular complexity index is 355. The summed E-state index contributed by atoms with van der Waals surface area (Å²) in [4.78, 5) is 25.4. The Morgan fingerprint density at radius 3 is 2.24 bits per heavy atom. The number of rotatable bonds is 3. The SMILES string of the molecule is CC(C)NC(=O)NCC1CCN(C(=O)NC(C)(C)C)CC1. The van der Waals surface area contributed by atoms with Crippen LogP contribution in [0.25, 0.3) is 0 Å². The van der Waals surface area contributed by atoms with Crippen molar-refractivity contribution in [2.45, 2.75) is 59.0 Å². The lowest BCUT2D eigenvalue weighted by Gasteiger charge is -2.34. The number of hydrogen-bond donors (Lipinski definition) is 3. The fraction of sp³-hybridized carbons (Fsp3) is 0.867. The van der Waals surface area contributed by atoms with Gasteiger partial charge in [0.25, 0.3) is 0 Å². The summed E-state index contributed by atoms with van der Waals surface area (Å²) in [5, 5.41) is 8.69. The molecule has 6 heteroatoms. The highest BCUT2D eigenvalue weighted by atomic mass is 16.2. The molecular weight excluding hydrogens is 268 g/mol. The number of carbonyl (C=O) groups is 2. The van der Waals surface area contributed by atoms with Crippen LogP contribution in [-0.2, 0) is 0 Å². The lowest BCUT2D eigenvalue weighted by molar-refractivity contribution is 0.162. The second-order valence-corrected chi connectivity index (χ2v) is 7.12. The minimum absolute atomic E-state index is 0.00598. The molecule has 0 saturated carbocycles. The molecule has 0 aliphatic carbocycles. The average molecular weight is 298 g/mol. The van der Waals surface area contributed by atoms with E-state index in [4.69, 9.17) is 0 Å². The average Bonchev–Trinajstić information content (AvgIpc) is 2.34. The third-order valence-corrected chi connectivity index (χ3v) is 3.35. The van der Waals surface area contributed by atoms with Gasteiger partial charge in [0.05, 0.1) is 0 Å². The highest BCUT2D eigenvalue weighted by Crippen LogP contribution is 2.17. The van der Waals surface area contributed by atoms with Gasteiger partial charge < -0.3 is 20.9 Å². The summed E-state index contributed by atoms with van der Waals surface area (Å²) in [5.74, 6) is 0.446. The van der Waals surface area contributed by atoms with Gasteiger partial charge in [-0.3, -0.25) is 0 Å². The third kappa shape index (κ3) is 7.20. The molecule has 0 unspecified atom stereocenters. The quantitative estimate of drug-likeness (QED) is 0.744. The van der Waals surface area contributed by atoms with Crippen molar-refractivity contribution in [1.82, 2.24) is 20.9 Å². The van der Waals surface area contributed by atoms with Crippen LogP contribution in [0.4, 0.5) is 9.59 Å². The van der Waals surface area contributed by atoms with Crippen molar-refractivity contribution >= 4 is 12.1 Å². The number of nitrogens with one attached hydrogen (secondary N) is 3. The predicted octanol–water partition coefficient (Wildman–Crippen LogP) is 1.91. The maximum absolute atomic E-state index is 12.0. The molecular formula is C15H30N4O2. The second kappa shape index (κ2) is 7.52. The molecule has 0 aromatic carbocycles. The Labute approximate surface area is 128 Å². The van der Waals surface area contributed by atoms with Crippen LogP contribution in [-0.4, -0.2) is 48.2 Å². The van der Waals surface area contributed by atoms with Gasteiger partial charge in [0, 0.05) is 31.2 Å². The van der Waals surface area contributed by atoms with Gasteiger partial charge in [-0.05, 0) is 53.4 Å². The summed E-state index contributed by atoms with van der Waals surface area (Å²) in [6.07, 6.45) is 1.86. The van der Waals surface area contributed by atoms with Gasteiger partial charge in [0.1, 0.15) is 0 Å². The Morgan fingerprint density at radius 1 is 1.19 bits per heavy atom. The van der Waals surface area contributed by atoms with Gasteiger partial charge in [-0.15, -0.1) is 0 Å². The summed E-state index contributed by atoms with van der Waals surface area (Å²) in [6, 6.07) is 0.0392. The Kier molecular flexibility index (Phi) is 6.30. The van der Waals surface area contributed by atoms with Crippen molar-refractivity contribution in [2.24, 2.45) is 5.92 Å². The molecule has 4 amide bonds. The molecule has 122 valence electrons. The molecule has 0 aromatic rings. The van der Waals surface area contributed by atoms with Crippen molar-refractivity contribution in [3.8, 4) is 0 Å². The maximum Gasteiger partial charge on any atom is 0.317 e. The molecule has 1 fully saturated rings. The van der Waals surface area contributed by atoms with Gasteiger partial charge in [-0.25, -0.2) is 9.59 Å². The van der Waals surface area contributed by atoms with Crippen LogP contribution in [0, 0.1) is 5.92 Å². The van der Waals surface area contributed by atoms with E-state index in [1.807, 2.05) is 39.5 Å². The molecule has 0 radical (unpaired) electrons. The number of amides is 4. The molecule has 0 aromatic heterocycles. The van der Waals surface area contributed by atoms with Crippen molar-refractivity contribution in [3.05, 3.63) is 0 Å². The Hall–Kier alpha value is -1.46. The van der Waals surface area contributed by atoms with E-state index in [1.54, 1.807) is 0 Å². The fourth-order valence-corrected chi connectivity index (χ4v) is 2.29. The van der Waals surface area contributed by atoms with Crippen LogP contribution < -0.4 is 16.0 Å². The van der Waals surface area contributed by atoms with Crippen molar-refractivity contribution in [1.29, 1.82) is 0 Å². The lowest BCUT2D eigenvalue weighted by atomic mass is 9.97. The summed E-state index contributed by atoms with van der Waals surface area (Å²) >= 11 is 0. The summed E-state index contributed by atoms with van der Waals surface area (Å²) in [5.41, 5.74) is -0.204. The van der Waals surface area contributed by atoms with Crippen molar-refractivity contribution < 1.29 is 9.59 Å². The van der Waals surface area contributed by atoms with Gasteiger partial charge in [0.2, 0.25) is 0 Å². The van der Waals surface area contributed by atoms with Crippen molar-refractivity contribution in [2.75, 3.05) is 19.6 Å². The van der Waals surface area contributed by atoms with Crippen LogP contribution in [0.1, 0.15) is 47.5 Å². The van der Waals surface area contributed by atoms with Crippen molar-refractivity contribution in [3.63, 3.8) is 0 Å². The first-order valence-corrected chi connectivity index (χ1v) is 7.79. The van der Waals surface area contributed by atoms with Crippen LogP contribution >= 0.6 is 0 Å². The van der Waals surface area contributed by atoms with Crippen LogP contribution in [0.3, 0.4) is 0 Å². The zero-order valence-corrected chi connectivity index (χ0v) is 14.0. The first kappa shape index (κ1) is 17.6. The highest BCUT2D eigenvalue weighted by Gasteiger charge is 2.25. The smallest absolute Gasteiger partial charge is 0.317 e.